The number of carbonyl (C=O) groups excluding carboxylic acids is 1. The molecule has 0 unspecified atom stereocenters. The quantitative estimate of drug-likeness (QED) is 0.782. The average Bonchev–Trinajstić information content (AvgIpc) is 2.62. The zero-order valence-corrected chi connectivity index (χ0v) is 14.1. The Morgan fingerprint density at radius 1 is 1.23 bits per heavy atom. The van der Waals surface area contributed by atoms with E-state index in [0.717, 1.165) is 31.7 Å². The maximum atomic E-state index is 13.9. The molecule has 134 valence electrons. The first-order chi connectivity index (χ1) is 12.6. The molecule has 1 saturated heterocycles. The molecular weight excluding hydrogens is 335 g/mol. The van der Waals surface area contributed by atoms with Gasteiger partial charge in [0.25, 0.3) is 0 Å². The van der Waals surface area contributed by atoms with Crippen LogP contribution in [0.4, 0.5) is 20.6 Å². The van der Waals surface area contributed by atoms with Crippen LogP contribution in [0.15, 0.2) is 36.5 Å². The zero-order valence-electron chi connectivity index (χ0n) is 14.1. The Balaban J connectivity index is 1.62. The number of piperazine rings is 1. The number of nitriles is 1. The topological polar surface area (TPSA) is 93.1 Å². The van der Waals surface area contributed by atoms with Gasteiger partial charge in [0.15, 0.2) is 0 Å². The second-order valence-electron chi connectivity index (χ2n) is 6.00. The molecule has 1 aliphatic heterocycles. The molecule has 0 radical (unpaired) electrons. The van der Waals surface area contributed by atoms with Gasteiger partial charge in [-0.05, 0) is 35.9 Å². The maximum absolute atomic E-state index is 13.9. The van der Waals surface area contributed by atoms with E-state index in [-0.39, 0.29) is 5.69 Å². The Morgan fingerprint density at radius 3 is 2.69 bits per heavy atom. The van der Waals surface area contributed by atoms with Crippen LogP contribution in [0.5, 0.6) is 0 Å². The Hall–Kier alpha value is -3.02. The molecule has 3 N–H and O–H groups in total. The molecule has 0 saturated carbocycles. The summed E-state index contributed by atoms with van der Waals surface area (Å²) in [4.78, 5) is 18.2. The zero-order chi connectivity index (χ0) is 18.4. The number of anilines is 2. The molecule has 2 heterocycles. The van der Waals surface area contributed by atoms with Crippen molar-refractivity contribution in [2.45, 2.75) is 6.54 Å². The third kappa shape index (κ3) is 4.99. The first kappa shape index (κ1) is 17.8. The summed E-state index contributed by atoms with van der Waals surface area (Å²) in [5.74, 6) is -0.395. The van der Waals surface area contributed by atoms with Crippen LogP contribution in [-0.2, 0) is 6.54 Å². The Labute approximate surface area is 150 Å². The fourth-order valence-corrected chi connectivity index (χ4v) is 2.77. The number of amides is 2. The molecule has 1 fully saturated rings. The van der Waals surface area contributed by atoms with Crippen LogP contribution in [0.3, 0.4) is 0 Å². The van der Waals surface area contributed by atoms with Gasteiger partial charge < -0.3 is 16.0 Å². The normalized spacial score (nSPS) is 14.5. The van der Waals surface area contributed by atoms with Crippen LogP contribution in [-0.4, -0.2) is 42.1 Å². The first-order valence-electron chi connectivity index (χ1n) is 8.29. The number of pyridine rings is 1. The van der Waals surface area contributed by atoms with E-state index in [2.05, 4.69) is 25.8 Å². The van der Waals surface area contributed by atoms with E-state index in [9.17, 15) is 9.18 Å². The number of carbonyl (C=O) groups is 1. The van der Waals surface area contributed by atoms with Crippen molar-refractivity contribution < 1.29 is 9.18 Å². The third-order valence-electron chi connectivity index (χ3n) is 3.97. The SMILES string of the molecule is N#Cc1ccc(NC(=O)Nc2cc(F)cc(CN3CCNCC3)c2)cn1. The van der Waals surface area contributed by atoms with Crippen molar-refractivity contribution in [1.82, 2.24) is 15.2 Å². The standard InChI is InChI=1S/C18H19FN6O/c19-14-7-13(12-25-5-3-21-4-6-25)8-17(9-14)24-18(26)23-16-2-1-15(10-20)22-11-16/h1-2,7-9,11,21H,3-6,12H2,(H2,23,24,26). The number of benzene rings is 1. The highest BCUT2D eigenvalue weighted by Gasteiger charge is 2.12. The van der Waals surface area contributed by atoms with Crippen LogP contribution < -0.4 is 16.0 Å². The molecule has 2 aromatic rings. The highest BCUT2D eigenvalue weighted by Crippen LogP contribution is 2.17. The highest BCUT2D eigenvalue weighted by atomic mass is 19.1. The van der Waals surface area contributed by atoms with E-state index in [4.69, 9.17) is 5.26 Å². The van der Waals surface area contributed by atoms with Crippen molar-refractivity contribution in [1.29, 1.82) is 5.26 Å². The Kier molecular flexibility index (Phi) is 5.73. The number of urea groups is 1. The molecule has 0 spiro atoms. The Bertz CT molecular complexity index is 811. The minimum atomic E-state index is -0.504. The molecule has 26 heavy (non-hydrogen) atoms. The number of rotatable bonds is 4. The summed E-state index contributed by atoms with van der Waals surface area (Å²) in [6, 6.07) is 9.00. The summed E-state index contributed by atoms with van der Waals surface area (Å²) in [7, 11) is 0. The average molecular weight is 354 g/mol. The molecule has 7 nitrogen and oxygen atoms in total. The van der Waals surface area contributed by atoms with Crippen molar-refractivity contribution in [3.8, 4) is 6.07 Å². The number of halogens is 1. The number of hydrogen-bond acceptors (Lipinski definition) is 5. The lowest BCUT2D eigenvalue weighted by atomic mass is 10.1. The van der Waals surface area contributed by atoms with Crippen molar-refractivity contribution in [2.24, 2.45) is 0 Å². The summed E-state index contributed by atoms with van der Waals surface area (Å²) in [6.07, 6.45) is 1.39. The summed E-state index contributed by atoms with van der Waals surface area (Å²) in [5.41, 5.74) is 1.90. The fraction of sp³-hybridized carbons (Fsp3) is 0.278. The van der Waals surface area contributed by atoms with Gasteiger partial charge in [-0.1, -0.05) is 0 Å². The van der Waals surface area contributed by atoms with Crippen LogP contribution >= 0.6 is 0 Å². The van der Waals surface area contributed by atoms with Crippen LogP contribution in [0.25, 0.3) is 0 Å². The molecule has 1 aliphatic rings. The van der Waals surface area contributed by atoms with Gasteiger partial charge in [0, 0.05) is 38.4 Å². The lowest BCUT2D eigenvalue weighted by Crippen LogP contribution is -2.42. The molecule has 8 heteroatoms. The van der Waals surface area contributed by atoms with Gasteiger partial charge in [-0.2, -0.15) is 5.26 Å². The lowest BCUT2D eigenvalue weighted by molar-refractivity contribution is 0.233. The highest BCUT2D eigenvalue weighted by molar-refractivity contribution is 5.99. The monoisotopic (exact) mass is 354 g/mol. The predicted molar refractivity (Wildman–Crippen MR) is 96.1 cm³/mol. The minimum Gasteiger partial charge on any atom is -0.314 e. The molecule has 1 aromatic carbocycles. The van der Waals surface area contributed by atoms with Gasteiger partial charge in [-0.3, -0.25) is 4.90 Å². The van der Waals surface area contributed by atoms with Crippen molar-refractivity contribution in [2.75, 3.05) is 36.8 Å². The number of nitrogens with one attached hydrogen (secondary N) is 3. The van der Waals surface area contributed by atoms with Gasteiger partial charge in [0.05, 0.1) is 11.9 Å². The molecular formula is C18H19FN6O. The van der Waals surface area contributed by atoms with Crippen LogP contribution in [0.2, 0.25) is 0 Å². The van der Waals surface area contributed by atoms with Crippen molar-refractivity contribution in [3.63, 3.8) is 0 Å². The molecule has 1 aromatic heterocycles. The molecule has 3 rings (SSSR count). The lowest BCUT2D eigenvalue weighted by Gasteiger charge is -2.27. The van der Waals surface area contributed by atoms with E-state index in [1.807, 2.05) is 6.07 Å². The third-order valence-corrected chi connectivity index (χ3v) is 3.97. The Morgan fingerprint density at radius 2 is 2.00 bits per heavy atom. The van der Waals surface area contributed by atoms with Crippen molar-refractivity contribution in [3.05, 3.63) is 53.6 Å². The van der Waals surface area contributed by atoms with Crippen molar-refractivity contribution >= 4 is 17.4 Å². The number of hydrogen-bond donors (Lipinski definition) is 3. The summed E-state index contributed by atoms with van der Waals surface area (Å²) < 4.78 is 13.9. The largest absolute Gasteiger partial charge is 0.323 e. The summed E-state index contributed by atoms with van der Waals surface area (Å²) in [5, 5.41) is 17.2. The van der Waals surface area contributed by atoms with Gasteiger partial charge in [-0.15, -0.1) is 0 Å². The van der Waals surface area contributed by atoms with Gasteiger partial charge in [-0.25, -0.2) is 14.2 Å². The fourth-order valence-electron chi connectivity index (χ4n) is 2.77. The van der Waals surface area contributed by atoms with E-state index in [0.29, 0.717) is 17.9 Å². The van der Waals surface area contributed by atoms with Gasteiger partial charge in [0.2, 0.25) is 0 Å². The molecule has 0 bridgehead atoms. The summed E-state index contributed by atoms with van der Waals surface area (Å²) in [6.45, 7) is 4.29. The van der Waals surface area contributed by atoms with E-state index in [1.165, 1.54) is 24.4 Å². The second-order valence-corrected chi connectivity index (χ2v) is 6.00. The van der Waals surface area contributed by atoms with E-state index < -0.39 is 11.8 Å². The van der Waals surface area contributed by atoms with Crippen LogP contribution in [0.1, 0.15) is 11.3 Å². The van der Waals surface area contributed by atoms with E-state index >= 15 is 0 Å². The molecule has 2 amide bonds. The van der Waals surface area contributed by atoms with Crippen LogP contribution in [0, 0.1) is 17.1 Å². The van der Waals surface area contributed by atoms with Gasteiger partial charge in [0.1, 0.15) is 17.6 Å². The molecule has 0 atom stereocenters. The minimum absolute atomic E-state index is 0.263. The summed E-state index contributed by atoms with van der Waals surface area (Å²) >= 11 is 0. The maximum Gasteiger partial charge on any atom is 0.323 e. The first-order valence-corrected chi connectivity index (χ1v) is 8.29. The van der Waals surface area contributed by atoms with Gasteiger partial charge >= 0.3 is 6.03 Å². The second kappa shape index (κ2) is 8.38. The smallest absolute Gasteiger partial charge is 0.314 e. The van der Waals surface area contributed by atoms with E-state index in [1.54, 1.807) is 12.1 Å². The molecule has 0 aliphatic carbocycles. The predicted octanol–water partition coefficient (Wildman–Crippen LogP) is 2.14. The number of aromatic nitrogens is 1. The number of nitrogens with zero attached hydrogens (tertiary/aromatic N) is 3.